The van der Waals surface area contributed by atoms with Gasteiger partial charge in [0.1, 0.15) is 18.7 Å². The third kappa shape index (κ3) is 3.99. The quantitative estimate of drug-likeness (QED) is 0.292. The maximum Gasteiger partial charge on any atom is 0.244 e. The first-order valence-electron chi connectivity index (χ1n) is 12.8. The van der Waals surface area contributed by atoms with E-state index in [-0.39, 0.29) is 5.92 Å². The number of aromatic nitrogens is 8. The van der Waals surface area contributed by atoms with Crippen LogP contribution in [-0.2, 0) is 13.7 Å². The number of rotatable bonds is 5. The molecule has 0 spiro atoms. The highest BCUT2D eigenvalue weighted by molar-refractivity contribution is 6.32. The Morgan fingerprint density at radius 3 is 2.55 bits per heavy atom. The summed E-state index contributed by atoms with van der Waals surface area (Å²) in [6.07, 6.45) is 5.46. The summed E-state index contributed by atoms with van der Waals surface area (Å²) in [5, 5.41) is 17.3. The topological polar surface area (TPSA) is 108 Å². The second-order valence-electron chi connectivity index (χ2n) is 10.1. The molecule has 1 aliphatic heterocycles. The van der Waals surface area contributed by atoms with Crippen molar-refractivity contribution in [1.29, 1.82) is 0 Å². The van der Waals surface area contributed by atoms with Gasteiger partial charge in [0.05, 0.1) is 17.7 Å². The number of nitrogens with one attached hydrogen (secondary N) is 1. The van der Waals surface area contributed by atoms with Crippen LogP contribution in [0.2, 0.25) is 5.02 Å². The first-order chi connectivity index (χ1) is 19.4. The van der Waals surface area contributed by atoms with Gasteiger partial charge in [-0.05, 0) is 49.6 Å². The van der Waals surface area contributed by atoms with Crippen LogP contribution in [-0.4, -0.2) is 39.6 Å². The summed E-state index contributed by atoms with van der Waals surface area (Å²) in [5.41, 5.74) is 8.25. The minimum Gasteiger partial charge on any atom is -0.489 e. The van der Waals surface area contributed by atoms with Gasteiger partial charge in [0.25, 0.3) is 0 Å². The van der Waals surface area contributed by atoms with Crippen LogP contribution < -0.4 is 9.47 Å². The molecule has 0 fully saturated rings. The van der Waals surface area contributed by atoms with E-state index < -0.39 is 0 Å². The molecule has 11 heteroatoms. The third-order valence-corrected chi connectivity index (χ3v) is 7.80. The lowest BCUT2D eigenvalue weighted by Crippen LogP contribution is -2.14. The average molecular weight is 553 g/mol. The van der Waals surface area contributed by atoms with Crippen LogP contribution >= 0.6 is 11.6 Å². The Balaban J connectivity index is 1.22. The molecule has 40 heavy (non-hydrogen) atoms. The molecule has 6 aromatic rings. The van der Waals surface area contributed by atoms with E-state index >= 15 is 0 Å². The van der Waals surface area contributed by atoms with E-state index in [4.69, 9.17) is 31.2 Å². The van der Waals surface area contributed by atoms with Crippen molar-refractivity contribution >= 4 is 17.2 Å². The third-order valence-electron chi connectivity index (χ3n) is 7.20. The van der Waals surface area contributed by atoms with Gasteiger partial charge in [0, 0.05) is 40.7 Å². The Morgan fingerprint density at radius 2 is 1.82 bits per heavy atom. The number of ether oxygens (including phenoxy) is 2. The number of hydrogen-bond acceptors (Lipinski definition) is 7. The molecule has 10 nitrogen and oxygen atoms in total. The van der Waals surface area contributed by atoms with Gasteiger partial charge in [0.15, 0.2) is 11.5 Å². The molecule has 0 saturated heterocycles. The molecule has 0 bridgehead atoms. The Kier molecular flexibility index (Phi) is 5.60. The van der Waals surface area contributed by atoms with E-state index in [9.17, 15) is 0 Å². The molecule has 1 aliphatic rings. The van der Waals surface area contributed by atoms with Crippen molar-refractivity contribution in [3.05, 3.63) is 99.2 Å². The van der Waals surface area contributed by atoms with Gasteiger partial charge in [-0.2, -0.15) is 5.10 Å². The maximum atomic E-state index is 6.29. The standard InChI is InChI=1S/C29H25ClN8O2/c1-15-9-21(10-16(2)25(15)30)39-13-18-5-7-19(8-6-18)26-33-27-24-23(20-11-32-37(4)12-20)22-17(3)34-35-29(22)40-28(24)31-14-38(27)36-26/h5-12,14,23H,13H2,1-4H3,(H,34,35)/t23-/m1/s1. The highest BCUT2D eigenvalue weighted by Crippen LogP contribution is 2.48. The SMILES string of the molecule is Cc1cc(OCc2ccc(-c3nc4c5c(ncn4n3)Oc3n[nH]c(C)c3[C@H]5c3cnn(C)c3)cc2)cc(C)c1Cl. The van der Waals surface area contributed by atoms with Crippen molar-refractivity contribution in [2.75, 3.05) is 0 Å². The van der Waals surface area contributed by atoms with Crippen LogP contribution in [0.5, 0.6) is 17.5 Å². The van der Waals surface area contributed by atoms with Crippen molar-refractivity contribution in [3.63, 3.8) is 0 Å². The maximum absolute atomic E-state index is 6.29. The predicted octanol–water partition coefficient (Wildman–Crippen LogP) is 5.69. The van der Waals surface area contributed by atoms with E-state index in [1.165, 1.54) is 0 Å². The minimum atomic E-state index is -0.209. The Hall–Kier alpha value is -4.70. The second kappa shape index (κ2) is 9.20. The first kappa shape index (κ1) is 24.3. The molecule has 1 atom stereocenters. The van der Waals surface area contributed by atoms with E-state index in [0.717, 1.165) is 55.4 Å². The summed E-state index contributed by atoms with van der Waals surface area (Å²) in [5.74, 6) is 2.14. The van der Waals surface area contributed by atoms with E-state index in [1.807, 2.05) is 76.6 Å². The zero-order valence-corrected chi connectivity index (χ0v) is 23.1. The van der Waals surface area contributed by atoms with E-state index in [0.29, 0.717) is 29.8 Å². The summed E-state index contributed by atoms with van der Waals surface area (Å²) >= 11 is 6.29. The van der Waals surface area contributed by atoms with Gasteiger partial charge in [-0.3, -0.25) is 9.78 Å². The van der Waals surface area contributed by atoms with Gasteiger partial charge in [-0.1, -0.05) is 35.9 Å². The summed E-state index contributed by atoms with van der Waals surface area (Å²) in [4.78, 5) is 9.51. The summed E-state index contributed by atoms with van der Waals surface area (Å²) in [6, 6.07) is 11.9. The molecule has 4 aromatic heterocycles. The molecule has 2 aromatic carbocycles. The average Bonchev–Trinajstić information content (AvgIpc) is 3.68. The van der Waals surface area contributed by atoms with Gasteiger partial charge < -0.3 is 9.47 Å². The molecule has 7 rings (SSSR count). The van der Waals surface area contributed by atoms with Crippen molar-refractivity contribution in [3.8, 4) is 28.9 Å². The van der Waals surface area contributed by atoms with Crippen molar-refractivity contribution in [2.24, 2.45) is 7.05 Å². The molecule has 0 saturated carbocycles. The van der Waals surface area contributed by atoms with E-state index in [2.05, 4.69) is 20.3 Å². The molecular formula is C29H25ClN8O2. The lowest BCUT2D eigenvalue weighted by Gasteiger charge is -2.24. The Labute approximate surface area is 234 Å². The summed E-state index contributed by atoms with van der Waals surface area (Å²) in [6.45, 7) is 6.37. The van der Waals surface area contributed by atoms with Crippen LogP contribution in [0.25, 0.3) is 17.0 Å². The smallest absolute Gasteiger partial charge is 0.244 e. The van der Waals surface area contributed by atoms with Crippen molar-refractivity contribution in [2.45, 2.75) is 33.3 Å². The fourth-order valence-corrected chi connectivity index (χ4v) is 5.32. The molecular weight excluding hydrogens is 528 g/mol. The highest BCUT2D eigenvalue weighted by Gasteiger charge is 2.37. The lowest BCUT2D eigenvalue weighted by atomic mass is 9.86. The van der Waals surface area contributed by atoms with Gasteiger partial charge in [-0.25, -0.2) is 14.5 Å². The summed E-state index contributed by atoms with van der Waals surface area (Å²) < 4.78 is 15.6. The zero-order valence-electron chi connectivity index (χ0n) is 22.3. The Morgan fingerprint density at radius 1 is 1.05 bits per heavy atom. The van der Waals surface area contributed by atoms with Gasteiger partial charge in [-0.15, -0.1) is 10.2 Å². The van der Waals surface area contributed by atoms with E-state index in [1.54, 1.807) is 15.5 Å². The molecule has 200 valence electrons. The first-order valence-corrected chi connectivity index (χ1v) is 13.2. The molecule has 0 amide bonds. The van der Waals surface area contributed by atoms with Crippen LogP contribution in [0.1, 0.15) is 45.0 Å². The number of benzene rings is 2. The number of hydrogen-bond donors (Lipinski definition) is 1. The summed E-state index contributed by atoms with van der Waals surface area (Å²) in [7, 11) is 1.90. The number of H-pyrrole nitrogens is 1. The van der Waals surface area contributed by atoms with Crippen LogP contribution in [0.4, 0.5) is 0 Å². The molecule has 0 aliphatic carbocycles. The van der Waals surface area contributed by atoms with Crippen LogP contribution in [0.15, 0.2) is 55.1 Å². The van der Waals surface area contributed by atoms with Gasteiger partial charge >= 0.3 is 0 Å². The lowest BCUT2D eigenvalue weighted by molar-refractivity contribution is 0.306. The second-order valence-corrected chi connectivity index (χ2v) is 10.5. The minimum absolute atomic E-state index is 0.209. The van der Waals surface area contributed by atoms with Crippen molar-refractivity contribution in [1.82, 2.24) is 39.6 Å². The largest absolute Gasteiger partial charge is 0.489 e. The Bertz CT molecular complexity index is 1880. The fourth-order valence-electron chi connectivity index (χ4n) is 5.21. The van der Waals surface area contributed by atoms with Crippen LogP contribution in [0.3, 0.4) is 0 Å². The van der Waals surface area contributed by atoms with Crippen molar-refractivity contribution < 1.29 is 9.47 Å². The highest BCUT2D eigenvalue weighted by atomic mass is 35.5. The molecule has 1 N–H and O–H groups in total. The zero-order chi connectivity index (χ0) is 27.5. The predicted molar refractivity (Wildman–Crippen MR) is 149 cm³/mol. The number of aromatic amines is 1. The number of nitrogens with zero attached hydrogens (tertiary/aromatic N) is 7. The fraction of sp³-hybridized carbons (Fsp3) is 0.207. The van der Waals surface area contributed by atoms with Gasteiger partial charge in [0.2, 0.25) is 11.8 Å². The monoisotopic (exact) mass is 552 g/mol. The number of aryl methyl sites for hydroxylation is 4. The number of halogens is 1. The van der Waals surface area contributed by atoms with Crippen LogP contribution in [0, 0.1) is 20.8 Å². The normalized spacial score (nSPS) is 14.2. The number of fused-ring (bicyclic) bond motifs is 4. The molecule has 0 radical (unpaired) electrons. The molecule has 5 heterocycles. The molecule has 0 unspecified atom stereocenters.